The summed E-state index contributed by atoms with van der Waals surface area (Å²) in [4.78, 5) is 30.6. The number of carbonyl (C=O) groups excluding carboxylic acids is 1. The minimum Gasteiger partial charge on any atom is -0.467 e. The van der Waals surface area contributed by atoms with Gasteiger partial charge in [0.25, 0.3) is 11.5 Å². The number of hydrazone groups is 1. The Morgan fingerprint density at radius 3 is 2.70 bits per heavy atom. The second-order valence-electron chi connectivity index (χ2n) is 7.85. The van der Waals surface area contributed by atoms with E-state index in [0.717, 1.165) is 16.8 Å². The predicted molar refractivity (Wildman–Crippen MR) is 127 cm³/mol. The molecule has 0 fully saturated rings. The van der Waals surface area contributed by atoms with E-state index in [9.17, 15) is 9.59 Å². The van der Waals surface area contributed by atoms with Gasteiger partial charge in [0.05, 0.1) is 34.2 Å². The van der Waals surface area contributed by atoms with E-state index in [4.69, 9.17) is 27.6 Å². The molecule has 166 valence electrons. The molecule has 1 atom stereocenters. The van der Waals surface area contributed by atoms with Gasteiger partial charge in [-0.25, -0.2) is 9.99 Å². The maximum absolute atomic E-state index is 13.3. The van der Waals surface area contributed by atoms with Crippen LogP contribution >= 0.6 is 23.2 Å². The molecule has 0 aliphatic carbocycles. The lowest BCUT2D eigenvalue weighted by Gasteiger charge is -2.20. The number of amides is 1. The van der Waals surface area contributed by atoms with Crippen LogP contribution in [0.2, 0.25) is 10.0 Å². The lowest BCUT2D eigenvalue weighted by Crippen LogP contribution is -2.34. The number of carbonyl (C=O) groups is 1. The van der Waals surface area contributed by atoms with Crippen molar-refractivity contribution in [1.29, 1.82) is 0 Å². The summed E-state index contributed by atoms with van der Waals surface area (Å²) in [5.74, 6) is 0.256. The van der Waals surface area contributed by atoms with Crippen LogP contribution in [0.25, 0.3) is 10.9 Å². The average molecular weight is 481 g/mol. The molecule has 0 N–H and O–H groups in total. The Kier molecular flexibility index (Phi) is 5.52. The van der Waals surface area contributed by atoms with E-state index in [0.29, 0.717) is 22.7 Å². The maximum Gasteiger partial charge on any atom is 0.263 e. The SMILES string of the molecule is Cc1ccc(C2=NN(C(=O)Cn3cnc4c(Cl)cc(Cl)cc4c3=O)[C@H](c3ccco3)C2)cc1. The molecule has 4 aromatic rings. The summed E-state index contributed by atoms with van der Waals surface area (Å²) < 4.78 is 6.81. The average Bonchev–Trinajstić information content (AvgIpc) is 3.46. The molecule has 0 saturated heterocycles. The van der Waals surface area contributed by atoms with Gasteiger partial charge >= 0.3 is 0 Å². The van der Waals surface area contributed by atoms with Crippen molar-refractivity contribution >= 4 is 45.7 Å². The van der Waals surface area contributed by atoms with Crippen LogP contribution in [-0.2, 0) is 11.3 Å². The predicted octanol–water partition coefficient (Wildman–Crippen LogP) is 4.98. The zero-order chi connectivity index (χ0) is 23.1. The molecule has 0 bridgehead atoms. The number of furan rings is 1. The molecule has 1 amide bonds. The number of hydrogen-bond acceptors (Lipinski definition) is 5. The van der Waals surface area contributed by atoms with Crippen molar-refractivity contribution in [2.24, 2.45) is 5.10 Å². The van der Waals surface area contributed by atoms with E-state index in [1.807, 2.05) is 37.3 Å². The molecule has 0 unspecified atom stereocenters. The number of benzene rings is 2. The van der Waals surface area contributed by atoms with Crippen molar-refractivity contribution < 1.29 is 9.21 Å². The zero-order valence-corrected chi connectivity index (χ0v) is 19.0. The number of halogens is 2. The summed E-state index contributed by atoms with van der Waals surface area (Å²) in [5.41, 5.74) is 2.77. The number of aromatic nitrogens is 2. The van der Waals surface area contributed by atoms with Crippen molar-refractivity contribution in [2.75, 3.05) is 0 Å². The first-order chi connectivity index (χ1) is 15.9. The van der Waals surface area contributed by atoms with Crippen molar-refractivity contribution in [3.05, 3.63) is 98.4 Å². The largest absolute Gasteiger partial charge is 0.467 e. The Morgan fingerprint density at radius 2 is 1.97 bits per heavy atom. The van der Waals surface area contributed by atoms with Crippen LogP contribution in [0.4, 0.5) is 0 Å². The van der Waals surface area contributed by atoms with Gasteiger partial charge in [0.2, 0.25) is 0 Å². The topological polar surface area (TPSA) is 80.7 Å². The molecule has 0 saturated carbocycles. The fraction of sp³-hybridized carbons (Fsp3) is 0.167. The van der Waals surface area contributed by atoms with Gasteiger partial charge in [0, 0.05) is 11.4 Å². The summed E-state index contributed by atoms with van der Waals surface area (Å²) in [6, 6.07) is 14.2. The van der Waals surface area contributed by atoms with E-state index in [2.05, 4.69) is 10.1 Å². The number of aryl methyl sites for hydroxylation is 1. The van der Waals surface area contributed by atoms with E-state index in [1.54, 1.807) is 12.3 Å². The highest BCUT2D eigenvalue weighted by Gasteiger charge is 2.35. The molecule has 2 aromatic carbocycles. The van der Waals surface area contributed by atoms with Gasteiger partial charge in [-0.05, 0) is 36.8 Å². The van der Waals surface area contributed by atoms with Gasteiger partial charge in [0.1, 0.15) is 18.3 Å². The minimum atomic E-state index is -0.408. The molecular weight excluding hydrogens is 463 g/mol. The molecule has 1 aliphatic heterocycles. The number of fused-ring (bicyclic) bond motifs is 1. The quantitative estimate of drug-likeness (QED) is 0.412. The van der Waals surface area contributed by atoms with Crippen LogP contribution in [-0.4, -0.2) is 26.2 Å². The number of hydrogen-bond donors (Lipinski definition) is 0. The van der Waals surface area contributed by atoms with Crippen LogP contribution in [0, 0.1) is 6.92 Å². The lowest BCUT2D eigenvalue weighted by molar-refractivity contribution is -0.134. The summed E-state index contributed by atoms with van der Waals surface area (Å²) in [6.45, 7) is 1.77. The molecule has 7 nitrogen and oxygen atoms in total. The van der Waals surface area contributed by atoms with Gasteiger partial charge in [-0.15, -0.1) is 0 Å². The summed E-state index contributed by atoms with van der Waals surface area (Å²) >= 11 is 12.2. The third kappa shape index (κ3) is 4.05. The number of nitrogens with zero attached hydrogens (tertiary/aromatic N) is 4. The first-order valence-electron chi connectivity index (χ1n) is 10.2. The third-order valence-corrected chi connectivity index (χ3v) is 6.08. The fourth-order valence-corrected chi connectivity index (χ4v) is 4.43. The van der Waals surface area contributed by atoms with Crippen LogP contribution < -0.4 is 5.56 Å². The Balaban J connectivity index is 1.49. The molecule has 0 spiro atoms. The Bertz CT molecular complexity index is 1440. The van der Waals surface area contributed by atoms with Gasteiger partial charge in [-0.3, -0.25) is 14.2 Å². The third-order valence-electron chi connectivity index (χ3n) is 5.57. The summed E-state index contributed by atoms with van der Waals surface area (Å²) in [7, 11) is 0. The second kappa shape index (κ2) is 8.50. The highest BCUT2D eigenvalue weighted by atomic mass is 35.5. The highest BCUT2D eigenvalue weighted by Crippen LogP contribution is 2.33. The van der Waals surface area contributed by atoms with Gasteiger partial charge < -0.3 is 4.42 Å². The van der Waals surface area contributed by atoms with Crippen molar-refractivity contribution in [3.8, 4) is 0 Å². The Morgan fingerprint density at radius 1 is 1.18 bits per heavy atom. The monoisotopic (exact) mass is 480 g/mol. The molecule has 2 aromatic heterocycles. The Hall–Kier alpha value is -3.42. The molecule has 3 heterocycles. The molecule has 5 rings (SSSR count). The molecule has 9 heteroatoms. The zero-order valence-electron chi connectivity index (χ0n) is 17.5. The minimum absolute atomic E-state index is 0.242. The first kappa shape index (κ1) is 21.4. The van der Waals surface area contributed by atoms with Crippen LogP contribution in [0.5, 0.6) is 0 Å². The number of rotatable bonds is 4. The smallest absolute Gasteiger partial charge is 0.263 e. The lowest BCUT2D eigenvalue weighted by atomic mass is 10.0. The van der Waals surface area contributed by atoms with E-state index in [1.165, 1.54) is 28.0 Å². The maximum atomic E-state index is 13.3. The van der Waals surface area contributed by atoms with Crippen molar-refractivity contribution in [1.82, 2.24) is 14.6 Å². The van der Waals surface area contributed by atoms with Crippen LogP contribution in [0.1, 0.15) is 29.3 Å². The van der Waals surface area contributed by atoms with E-state index >= 15 is 0 Å². The Labute approximate surface area is 198 Å². The molecular formula is C24H18Cl2N4O3. The second-order valence-corrected chi connectivity index (χ2v) is 8.69. The van der Waals surface area contributed by atoms with E-state index in [-0.39, 0.29) is 22.9 Å². The van der Waals surface area contributed by atoms with Gasteiger partial charge in [-0.1, -0.05) is 53.0 Å². The molecule has 33 heavy (non-hydrogen) atoms. The fourth-order valence-electron chi connectivity index (χ4n) is 3.89. The van der Waals surface area contributed by atoms with Gasteiger partial charge in [0.15, 0.2) is 0 Å². The molecule has 0 radical (unpaired) electrons. The van der Waals surface area contributed by atoms with Crippen molar-refractivity contribution in [3.63, 3.8) is 0 Å². The van der Waals surface area contributed by atoms with Gasteiger partial charge in [-0.2, -0.15) is 5.10 Å². The van der Waals surface area contributed by atoms with Crippen LogP contribution in [0.15, 0.2) is 75.4 Å². The normalized spacial score (nSPS) is 15.8. The summed E-state index contributed by atoms with van der Waals surface area (Å²) in [6.07, 6.45) is 3.37. The first-order valence-corrected chi connectivity index (χ1v) is 11.0. The standard InChI is InChI=1S/C24H18Cl2N4O3/c1-14-4-6-15(7-5-14)19-11-20(21-3-2-8-33-21)30(28-19)22(31)12-29-13-27-23-17(24(29)32)9-16(25)10-18(23)26/h2-10,13,20H,11-12H2,1H3/t20-/m0/s1. The summed E-state index contributed by atoms with van der Waals surface area (Å²) in [5, 5.41) is 6.83. The van der Waals surface area contributed by atoms with Crippen molar-refractivity contribution in [2.45, 2.75) is 25.9 Å². The van der Waals surface area contributed by atoms with E-state index < -0.39 is 11.6 Å². The molecule has 1 aliphatic rings. The van der Waals surface area contributed by atoms with Crippen LogP contribution in [0.3, 0.4) is 0 Å². The highest BCUT2D eigenvalue weighted by molar-refractivity contribution is 6.38.